The number of unbranched alkanes of at least 4 members (excludes halogenated alkanes) is 1. The fourth-order valence-electron chi connectivity index (χ4n) is 0.503. The standard InChI is InChI=1S/C6H11F3O2P/c1-2-3-4-11-12(10)5-6(7,8)9/h2-5H2,1H3/q+1. The van der Waals surface area contributed by atoms with Crippen molar-refractivity contribution in [3.8, 4) is 0 Å². The maximum atomic E-state index is 11.6. The minimum Gasteiger partial charge on any atom is -0.166 e. The van der Waals surface area contributed by atoms with Crippen molar-refractivity contribution in [1.29, 1.82) is 0 Å². The molecule has 12 heavy (non-hydrogen) atoms. The van der Waals surface area contributed by atoms with E-state index in [-0.39, 0.29) is 6.61 Å². The van der Waals surface area contributed by atoms with Gasteiger partial charge >= 0.3 is 14.2 Å². The molecule has 72 valence electrons. The van der Waals surface area contributed by atoms with E-state index in [0.717, 1.165) is 6.42 Å². The van der Waals surface area contributed by atoms with Crippen LogP contribution in [0.25, 0.3) is 0 Å². The van der Waals surface area contributed by atoms with Gasteiger partial charge in [-0.2, -0.15) is 13.2 Å². The minimum absolute atomic E-state index is 0.141. The molecule has 0 rings (SSSR count). The Morgan fingerprint density at radius 2 is 2.00 bits per heavy atom. The summed E-state index contributed by atoms with van der Waals surface area (Å²) in [6.07, 6.45) is -4.28. The van der Waals surface area contributed by atoms with Gasteiger partial charge in [-0.3, -0.25) is 0 Å². The molecule has 0 heterocycles. The van der Waals surface area contributed by atoms with Crippen LogP contribution < -0.4 is 0 Å². The van der Waals surface area contributed by atoms with E-state index in [1.54, 1.807) is 0 Å². The zero-order valence-electron chi connectivity index (χ0n) is 6.73. The lowest BCUT2D eigenvalue weighted by Crippen LogP contribution is -2.11. The first-order chi connectivity index (χ1) is 5.45. The Bertz CT molecular complexity index is 146. The summed E-state index contributed by atoms with van der Waals surface area (Å²) in [5.74, 6) is 0. The highest BCUT2D eigenvalue weighted by atomic mass is 31.1. The highest BCUT2D eigenvalue weighted by Crippen LogP contribution is 2.31. The first kappa shape index (κ1) is 11.8. The summed E-state index contributed by atoms with van der Waals surface area (Å²) in [5, 5.41) is 0. The zero-order valence-corrected chi connectivity index (χ0v) is 7.62. The van der Waals surface area contributed by atoms with Crippen LogP contribution in [-0.4, -0.2) is 18.9 Å². The van der Waals surface area contributed by atoms with Crippen LogP contribution in [0.5, 0.6) is 0 Å². The molecule has 0 amide bonds. The van der Waals surface area contributed by atoms with E-state index < -0.39 is 20.4 Å². The van der Waals surface area contributed by atoms with Crippen LogP contribution in [-0.2, 0) is 9.09 Å². The summed E-state index contributed by atoms with van der Waals surface area (Å²) in [4.78, 5) is 0. The molecule has 2 nitrogen and oxygen atoms in total. The number of halogens is 3. The van der Waals surface area contributed by atoms with Gasteiger partial charge in [0.25, 0.3) is 6.16 Å². The van der Waals surface area contributed by atoms with Crippen LogP contribution in [0.1, 0.15) is 19.8 Å². The Hall–Kier alpha value is -0.150. The second-order valence-corrected chi connectivity index (χ2v) is 3.53. The highest BCUT2D eigenvalue weighted by molar-refractivity contribution is 7.39. The first-order valence-corrected chi connectivity index (χ1v) is 4.96. The maximum absolute atomic E-state index is 11.6. The van der Waals surface area contributed by atoms with E-state index in [1.165, 1.54) is 0 Å². The highest BCUT2D eigenvalue weighted by Gasteiger charge is 2.40. The number of alkyl halides is 3. The normalized spacial score (nSPS) is 13.2. The Kier molecular flexibility index (Phi) is 5.42. The molecule has 0 saturated heterocycles. The predicted molar refractivity (Wildman–Crippen MR) is 39.4 cm³/mol. The van der Waals surface area contributed by atoms with Crippen molar-refractivity contribution in [1.82, 2.24) is 0 Å². The van der Waals surface area contributed by atoms with Crippen molar-refractivity contribution in [2.45, 2.75) is 25.9 Å². The molecule has 1 atom stereocenters. The van der Waals surface area contributed by atoms with Crippen molar-refractivity contribution in [2.75, 3.05) is 12.8 Å². The largest absolute Gasteiger partial charge is 0.517 e. The summed E-state index contributed by atoms with van der Waals surface area (Å²) in [6, 6.07) is 0. The van der Waals surface area contributed by atoms with Crippen LogP contribution in [0.4, 0.5) is 13.2 Å². The fourth-order valence-corrected chi connectivity index (χ4v) is 1.22. The first-order valence-electron chi connectivity index (χ1n) is 3.60. The quantitative estimate of drug-likeness (QED) is 0.506. The van der Waals surface area contributed by atoms with Gasteiger partial charge in [0.1, 0.15) is 6.61 Å². The van der Waals surface area contributed by atoms with Crippen molar-refractivity contribution in [3.63, 3.8) is 0 Å². The molecule has 0 spiro atoms. The molecule has 0 bridgehead atoms. The molecule has 0 aromatic heterocycles. The number of hydrogen-bond donors (Lipinski definition) is 0. The number of hydrogen-bond acceptors (Lipinski definition) is 2. The Balaban J connectivity index is 3.47. The molecule has 6 heteroatoms. The Morgan fingerprint density at radius 3 is 2.42 bits per heavy atom. The minimum atomic E-state index is -4.39. The SMILES string of the molecule is CCCCO[P+](=O)CC(F)(F)F. The molecule has 0 radical (unpaired) electrons. The van der Waals surface area contributed by atoms with Gasteiger partial charge < -0.3 is 0 Å². The van der Waals surface area contributed by atoms with Crippen molar-refractivity contribution in [2.24, 2.45) is 0 Å². The van der Waals surface area contributed by atoms with Gasteiger partial charge in [-0.25, -0.2) is 0 Å². The van der Waals surface area contributed by atoms with Crippen LogP contribution in [0, 0.1) is 0 Å². The summed E-state index contributed by atoms with van der Waals surface area (Å²) in [6.45, 7) is 2.02. The van der Waals surface area contributed by atoms with E-state index in [1.807, 2.05) is 6.92 Å². The van der Waals surface area contributed by atoms with E-state index in [4.69, 9.17) is 0 Å². The van der Waals surface area contributed by atoms with Gasteiger partial charge in [-0.1, -0.05) is 13.3 Å². The lowest BCUT2D eigenvalue weighted by molar-refractivity contribution is -0.107. The maximum Gasteiger partial charge on any atom is 0.517 e. The predicted octanol–water partition coefficient (Wildman–Crippen LogP) is 3.11. The molecular formula is C6H11F3O2P+. The molecule has 0 N–H and O–H groups in total. The molecule has 0 aromatic carbocycles. The molecule has 0 aliphatic heterocycles. The van der Waals surface area contributed by atoms with Crippen molar-refractivity contribution in [3.05, 3.63) is 0 Å². The van der Waals surface area contributed by atoms with E-state index >= 15 is 0 Å². The van der Waals surface area contributed by atoms with Gasteiger partial charge in [0.2, 0.25) is 0 Å². The molecule has 0 saturated carbocycles. The van der Waals surface area contributed by atoms with Gasteiger partial charge in [0, 0.05) is 0 Å². The molecule has 1 unspecified atom stereocenters. The van der Waals surface area contributed by atoms with Gasteiger partial charge in [0.05, 0.1) is 0 Å². The van der Waals surface area contributed by atoms with E-state index in [2.05, 4.69) is 4.52 Å². The van der Waals surface area contributed by atoms with Gasteiger partial charge in [0.15, 0.2) is 0 Å². The van der Waals surface area contributed by atoms with Crippen LogP contribution in [0.15, 0.2) is 0 Å². The van der Waals surface area contributed by atoms with E-state index in [9.17, 15) is 17.7 Å². The molecule has 0 aliphatic carbocycles. The summed E-state index contributed by atoms with van der Waals surface area (Å²) >= 11 is 0. The second-order valence-electron chi connectivity index (χ2n) is 2.29. The second kappa shape index (κ2) is 5.49. The van der Waals surface area contributed by atoms with E-state index in [0.29, 0.717) is 6.42 Å². The number of rotatable bonds is 5. The molecule has 0 aliphatic rings. The van der Waals surface area contributed by atoms with Crippen molar-refractivity contribution < 1.29 is 22.3 Å². The van der Waals surface area contributed by atoms with Gasteiger partial charge in [-0.05, 0) is 11.0 Å². The monoisotopic (exact) mass is 203 g/mol. The van der Waals surface area contributed by atoms with Crippen LogP contribution in [0.3, 0.4) is 0 Å². The fraction of sp³-hybridized carbons (Fsp3) is 1.00. The Morgan fingerprint density at radius 1 is 1.42 bits per heavy atom. The molecule has 0 fully saturated rings. The summed E-state index contributed by atoms with van der Waals surface area (Å²) in [7, 11) is -2.56. The Labute approximate surface area is 70.0 Å². The average molecular weight is 203 g/mol. The lowest BCUT2D eigenvalue weighted by atomic mass is 10.4. The molecular weight excluding hydrogens is 192 g/mol. The van der Waals surface area contributed by atoms with Crippen molar-refractivity contribution >= 4 is 8.03 Å². The smallest absolute Gasteiger partial charge is 0.166 e. The topological polar surface area (TPSA) is 26.3 Å². The third-order valence-corrected chi connectivity index (χ3v) is 2.13. The third-order valence-electron chi connectivity index (χ3n) is 1.04. The molecule has 0 aromatic rings. The lowest BCUT2D eigenvalue weighted by Gasteiger charge is -1.95. The summed E-state index contributed by atoms with van der Waals surface area (Å²) < 4.78 is 49.6. The third kappa shape index (κ3) is 7.95. The average Bonchev–Trinajstić information content (AvgIpc) is 1.84. The van der Waals surface area contributed by atoms with Gasteiger partial charge in [-0.15, -0.1) is 4.52 Å². The summed E-state index contributed by atoms with van der Waals surface area (Å²) in [5.41, 5.74) is 0. The van der Waals surface area contributed by atoms with Crippen LogP contribution >= 0.6 is 8.03 Å². The van der Waals surface area contributed by atoms with Crippen LogP contribution in [0.2, 0.25) is 0 Å². The zero-order chi connectivity index (χ0) is 9.61.